The van der Waals surface area contributed by atoms with Gasteiger partial charge in [-0.05, 0) is 82.8 Å². The molecular weight excluding hydrogens is 949 g/mol. The van der Waals surface area contributed by atoms with Gasteiger partial charge in [-0.25, -0.2) is 0 Å². The fraction of sp³-hybridized carbons (Fsp3) is 0.847. The van der Waals surface area contributed by atoms with Crippen LogP contribution in [0.25, 0.3) is 0 Å². The molecule has 0 radical (unpaired) electrons. The van der Waals surface area contributed by atoms with Crippen LogP contribution in [0.1, 0.15) is 226 Å². The maximum atomic E-state index is 13.0. The fourth-order valence-corrected chi connectivity index (χ4v) is 9.04. The minimum absolute atomic E-state index is 0.137. The topological polar surface area (TPSA) is 231 Å². The molecule has 0 spiro atoms. The van der Waals surface area contributed by atoms with Crippen LogP contribution in [0.15, 0.2) is 42.2 Å². The van der Waals surface area contributed by atoms with Crippen molar-refractivity contribution < 1.29 is 73.8 Å². The first-order chi connectivity index (χ1) is 36.0. The molecular formula is C59H104O15. The van der Waals surface area contributed by atoms with E-state index in [1.54, 1.807) is 0 Å². The van der Waals surface area contributed by atoms with Crippen LogP contribution in [0, 0.1) is 0 Å². The third-order valence-electron chi connectivity index (χ3n) is 13.8. The number of ether oxygens (including phenoxy) is 6. The summed E-state index contributed by atoms with van der Waals surface area (Å²) in [4.78, 5) is 25.8. The lowest BCUT2D eigenvalue weighted by molar-refractivity contribution is -0.332. The Balaban J connectivity index is 1.76. The minimum Gasteiger partial charge on any atom is -0.462 e. The molecule has 7 N–H and O–H groups in total. The van der Waals surface area contributed by atoms with E-state index in [2.05, 4.69) is 56.0 Å². The molecule has 430 valence electrons. The van der Waals surface area contributed by atoms with Crippen LogP contribution in [-0.2, 0) is 38.0 Å². The van der Waals surface area contributed by atoms with Crippen LogP contribution in [0.2, 0.25) is 0 Å². The lowest BCUT2D eigenvalue weighted by atomic mass is 9.98. The molecule has 0 aromatic rings. The molecule has 0 saturated carbocycles. The van der Waals surface area contributed by atoms with Gasteiger partial charge in [0.1, 0.15) is 55.4 Å². The van der Waals surface area contributed by atoms with E-state index in [9.17, 15) is 45.3 Å². The molecule has 0 aliphatic carbocycles. The summed E-state index contributed by atoms with van der Waals surface area (Å²) in [7, 11) is 0. The summed E-state index contributed by atoms with van der Waals surface area (Å²) >= 11 is 0. The van der Waals surface area contributed by atoms with Crippen molar-refractivity contribution in [2.75, 3.05) is 26.4 Å². The van der Waals surface area contributed by atoms with Crippen LogP contribution >= 0.6 is 0 Å². The van der Waals surface area contributed by atoms with E-state index in [0.29, 0.717) is 19.3 Å². The largest absolute Gasteiger partial charge is 0.462 e. The minimum atomic E-state index is -1.78. The van der Waals surface area contributed by atoms with Crippen LogP contribution in [0.4, 0.5) is 0 Å². The Hall–Kier alpha value is -2.50. The molecule has 2 aliphatic heterocycles. The van der Waals surface area contributed by atoms with Crippen LogP contribution in [0.5, 0.6) is 0 Å². The van der Waals surface area contributed by atoms with E-state index in [4.69, 9.17) is 28.4 Å². The lowest BCUT2D eigenvalue weighted by Gasteiger charge is -2.42. The Morgan fingerprint density at radius 1 is 0.459 bits per heavy atom. The summed E-state index contributed by atoms with van der Waals surface area (Å²) < 4.78 is 33.6. The van der Waals surface area contributed by atoms with E-state index in [-0.39, 0.29) is 19.4 Å². The van der Waals surface area contributed by atoms with Crippen LogP contribution < -0.4 is 0 Å². The van der Waals surface area contributed by atoms with Gasteiger partial charge in [0, 0.05) is 12.8 Å². The second-order valence-corrected chi connectivity index (χ2v) is 20.6. The molecule has 2 rings (SSSR count). The van der Waals surface area contributed by atoms with Crippen molar-refractivity contribution in [3.05, 3.63) is 42.2 Å². The molecule has 0 aromatic heterocycles. The number of esters is 2. The van der Waals surface area contributed by atoms with Crippen molar-refractivity contribution in [1.29, 1.82) is 0 Å². The number of rotatable bonds is 46. The molecule has 0 aromatic carbocycles. The number of hydrogen-bond acceptors (Lipinski definition) is 15. The second-order valence-electron chi connectivity index (χ2n) is 20.6. The number of hydrogen-bond donors (Lipinski definition) is 7. The fourth-order valence-electron chi connectivity index (χ4n) is 9.04. The van der Waals surface area contributed by atoms with Gasteiger partial charge in [-0.3, -0.25) is 9.59 Å². The maximum absolute atomic E-state index is 13.0. The van der Waals surface area contributed by atoms with Gasteiger partial charge >= 0.3 is 11.9 Å². The normalized spacial score (nSPS) is 24.6. The van der Waals surface area contributed by atoms with Gasteiger partial charge in [-0.15, -0.1) is 5.73 Å². The molecule has 2 heterocycles. The Morgan fingerprint density at radius 3 is 1.41 bits per heavy atom. The average Bonchev–Trinajstić information content (AvgIpc) is 3.39. The number of carbonyl (C=O) groups is 2. The van der Waals surface area contributed by atoms with Crippen molar-refractivity contribution in [2.24, 2.45) is 0 Å². The average molecular weight is 1050 g/mol. The first-order valence-corrected chi connectivity index (χ1v) is 29.3. The standard InChI is InChI=1S/C59H104O15/c1-3-5-7-9-11-13-15-17-19-20-21-22-23-24-25-26-28-29-31-33-35-37-39-41-50(61)69-44-47(72-51(62)42-40-38-36-34-32-30-27-18-16-14-12-10-8-6-4-2)45-70-58-57(68)55(66)53(64)49(74-58)46-71-59-56(67)54(65)52(63)48(43-60)73-59/h16,26-28,33,35,47-49,52-60,63-68H,3-15,17,19-25,29-32,34,36-46H2,1-2H3/b28-26+,35-33+/t18?,47-,48+,49+,52-,53-,54?,55?,56?,57?,58+,59+/m0/s1. The maximum Gasteiger partial charge on any atom is 0.306 e. The highest BCUT2D eigenvalue weighted by Crippen LogP contribution is 2.27. The molecule has 4 unspecified atom stereocenters. The van der Waals surface area contributed by atoms with Gasteiger partial charge in [0.05, 0.1) is 19.8 Å². The molecule has 74 heavy (non-hydrogen) atoms. The van der Waals surface area contributed by atoms with Crippen LogP contribution in [0.3, 0.4) is 0 Å². The Morgan fingerprint density at radius 2 is 0.878 bits per heavy atom. The van der Waals surface area contributed by atoms with Crippen molar-refractivity contribution in [3.8, 4) is 0 Å². The summed E-state index contributed by atoms with van der Waals surface area (Å²) in [6.07, 6.45) is 32.5. The Labute approximate surface area is 446 Å². The summed E-state index contributed by atoms with van der Waals surface area (Å²) in [6, 6.07) is 0. The van der Waals surface area contributed by atoms with Crippen molar-refractivity contribution >= 4 is 11.9 Å². The molecule has 11 atom stereocenters. The molecule has 15 nitrogen and oxygen atoms in total. The second kappa shape index (κ2) is 45.5. The molecule has 0 amide bonds. The summed E-state index contributed by atoms with van der Waals surface area (Å²) in [5.74, 6) is -0.991. The highest BCUT2D eigenvalue weighted by molar-refractivity contribution is 5.70. The first-order valence-electron chi connectivity index (χ1n) is 29.3. The highest BCUT2D eigenvalue weighted by Gasteiger charge is 2.47. The zero-order chi connectivity index (χ0) is 53.9. The van der Waals surface area contributed by atoms with Gasteiger partial charge in [-0.2, -0.15) is 0 Å². The highest BCUT2D eigenvalue weighted by atomic mass is 16.7. The van der Waals surface area contributed by atoms with E-state index in [1.807, 2.05) is 0 Å². The summed E-state index contributed by atoms with van der Waals surface area (Å²) in [6.45, 7) is 2.54. The van der Waals surface area contributed by atoms with Crippen LogP contribution in [-0.4, -0.2) is 142 Å². The molecule has 2 saturated heterocycles. The third-order valence-corrected chi connectivity index (χ3v) is 13.8. The number of carbonyl (C=O) groups excluding carboxylic acids is 2. The van der Waals surface area contributed by atoms with Gasteiger partial charge in [0.2, 0.25) is 0 Å². The van der Waals surface area contributed by atoms with Gasteiger partial charge < -0.3 is 64.2 Å². The van der Waals surface area contributed by atoms with E-state index in [1.165, 1.54) is 122 Å². The Bertz CT molecular complexity index is 1480. The summed E-state index contributed by atoms with van der Waals surface area (Å²) in [5.41, 5.74) is 3.29. The van der Waals surface area contributed by atoms with E-state index in [0.717, 1.165) is 57.8 Å². The number of aliphatic hydroxyl groups excluding tert-OH is 7. The molecule has 2 aliphatic rings. The molecule has 15 heteroatoms. The summed E-state index contributed by atoms with van der Waals surface area (Å²) in [5, 5.41) is 72.2. The number of unbranched alkanes of at least 4 members (excludes halogenated alkanes) is 26. The first kappa shape index (κ1) is 67.6. The zero-order valence-electron chi connectivity index (χ0n) is 45.9. The number of allylic oxidation sites excluding steroid dienone is 5. The van der Waals surface area contributed by atoms with E-state index < -0.39 is 99.3 Å². The smallest absolute Gasteiger partial charge is 0.306 e. The van der Waals surface area contributed by atoms with Crippen molar-refractivity contribution in [2.45, 2.75) is 293 Å². The van der Waals surface area contributed by atoms with Gasteiger partial charge in [0.25, 0.3) is 0 Å². The third kappa shape index (κ3) is 32.3. The molecule has 0 bridgehead atoms. The Kier molecular flexibility index (Phi) is 41.6. The lowest BCUT2D eigenvalue weighted by Crippen LogP contribution is -2.61. The van der Waals surface area contributed by atoms with Crippen molar-refractivity contribution in [1.82, 2.24) is 0 Å². The zero-order valence-corrected chi connectivity index (χ0v) is 45.9. The predicted molar refractivity (Wildman–Crippen MR) is 288 cm³/mol. The van der Waals surface area contributed by atoms with E-state index >= 15 is 0 Å². The quantitative estimate of drug-likeness (QED) is 0.0130. The SMILES string of the molecule is CCCCCCCC=C=CCCCCCCCC(=O)O[C@@H](COC(=O)CCC/C=C/CC/C=C/CCCCCCCCCCCCCCCC)CO[C@@H]1O[C@H](CO[C@@H]2O[C@H](CO)[C@H](O)C(O)C2O)[C@H](O)C(O)C1O. The predicted octanol–water partition coefficient (Wildman–Crippen LogP) is 9.82. The van der Waals surface area contributed by atoms with Gasteiger partial charge in [-0.1, -0.05) is 167 Å². The number of aliphatic hydroxyl groups is 7. The van der Waals surface area contributed by atoms with Crippen molar-refractivity contribution in [3.63, 3.8) is 0 Å². The monoisotopic (exact) mass is 1050 g/mol. The molecule has 2 fully saturated rings. The van der Waals surface area contributed by atoms with Gasteiger partial charge in [0.15, 0.2) is 18.7 Å².